The van der Waals surface area contributed by atoms with Crippen molar-refractivity contribution in [2.75, 3.05) is 18.1 Å². The molecule has 2 heterocycles. The summed E-state index contributed by atoms with van der Waals surface area (Å²) in [6.07, 6.45) is 0.0599. The van der Waals surface area contributed by atoms with E-state index in [1.54, 1.807) is 46.7 Å². The summed E-state index contributed by atoms with van der Waals surface area (Å²) >= 11 is 1.30. The summed E-state index contributed by atoms with van der Waals surface area (Å²) in [4.78, 5) is 39.1. The van der Waals surface area contributed by atoms with Gasteiger partial charge in [0.25, 0.3) is 0 Å². The standard InChI is InChI=1S/C27H27NO5S/c1-27(2,3)19-6-10-21(11-7-19)33-22-12-8-20(9-13-22)28-16-18(15-25(28)30)26(31)32-17-23(29)24-5-4-14-34-24/h4-14,18H,15-17H2,1-3H3/t18-/m0/s1. The molecule has 1 saturated heterocycles. The van der Waals surface area contributed by atoms with Gasteiger partial charge in [-0.2, -0.15) is 0 Å². The highest BCUT2D eigenvalue weighted by Crippen LogP contribution is 2.30. The third-order valence-electron chi connectivity index (χ3n) is 5.70. The van der Waals surface area contributed by atoms with Crippen molar-refractivity contribution in [2.45, 2.75) is 32.6 Å². The molecule has 3 aromatic rings. The Kier molecular flexibility index (Phi) is 6.84. The lowest BCUT2D eigenvalue weighted by atomic mass is 9.87. The first-order chi connectivity index (χ1) is 16.2. The van der Waals surface area contributed by atoms with Crippen molar-refractivity contribution < 1.29 is 23.9 Å². The summed E-state index contributed by atoms with van der Waals surface area (Å²) in [5, 5.41) is 1.79. The van der Waals surface area contributed by atoms with Crippen molar-refractivity contribution >= 4 is 34.7 Å². The zero-order valence-corrected chi connectivity index (χ0v) is 20.3. The van der Waals surface area contributed by atoms with E-state index in [0.29, 0.717) is 16.3 Å². The average molecular weight is 478 g/mol. The number of amides is 1. The number of benzene rings is 2. The highest BCUT2D eigenvalue weighted by molar-refractivity contribution is 7.12. The Hall–Kier alpha value is -3.45. The van der Waals surface area contributed by atoms with Gasteiger partial charge in [0.1, 0.15) is 11.5 Å². The molecule has 1 aromatic heterocycles. The van der Waals surface area contributed by atoms with Crippen LogP contribution in [0.2, 0.25) is 0 Å². The molecule has 1 amide bonds. The molecular weight excluding hydrogens is 450 g/mol. The van der Waals surface area contributed by atoms with Gasteiger partial charge in [-0.25, -0.2) is 0 Å². The second kappa shape index (κ2) is 9.81. The van der Waals surface area contributed by atoms with Crippen LogP contribution in [-0.2, 0) is 19.7 Å². The smallest absolute Gasteiger partial charge is 0.311 e. The van der Waals surface area contributed by atoms with Crippen molar-refractivity contribution in [1.82, 2.24) is 0 Å². The van der Waals surface area contributed by atoms with Gasteiger partial charge < -0.3 is 14.4 Å². The fourth-order valence-electron chi connectivity index (χ4n) is 3.73. The number of carbonyl (C=O) groups is 3. The minimum atomic E-state index is -0.596. The van der Waals surface area contributed by atoms with Crippen LogP contribution in [0, 0.1) is 5.92 Å². The molecule has 176 valence electrons. The maximum absolute atomic E-state index is 12.5. The monoisotopic (exact) mass is 477 g/mol. The van der Waals surface area contributed by atoms with E-state index in [4.69, 9.17) is 9.47 Å². The predicted octanol–water partition coefficient (Wildman–Crippen LogP) is 5.62. The zero-order chi connectivity index (χ0) is 24.3. The maximum Gasteiger partial charge on any atom is 0.311 e. The number of nitrogens with zero attached hydrogens (tertiary/aromatic N) is 1. The third kappa shape index (κ3) is 5.54. The first-order valence-electron chi connectivity index (χ1n) is 11.1. The highest BCUT2D eigenvalue weighted by Gasteiger charge is 2.36. The van der Waals surface area contributed by atoms with E-state index in [0.717, 1.165) is 5.75 Å². The number of ketones is 1. The van der Waals surface area contributed by atoms with Crippen LogP contribution < -0.4 is 9.64 Å². The molecule has 1 aliphatic heterocycles. The first-order valence-corrected chi connectivity index (χ1v) is 12.0. The molecule has 2 aromatic carbocycles. The van der Waals surface area contributed by atoms with Gasteiger partial charge in [-0.15, -0.1) is 11.3 Å². The van der Waals surface area contributed by atoms with Crippen LogP contribution in [0.5, 0.6) is 11.5 Å². The molecule has 6 nitrogen and oxygen atoms in total. The van der Waals surface area contributed by atoms with E-state index in [1.165, 1.54) is 16.9 Å². The van der Waals surface area contributed by atoms with Gasteiger partial charge in [-0.05, 0) is 58.8 Å². The molecule has 1 aliphatic rings. The molecule has 0 spiro atoms. The summed E-state index contributed by atoms with van der Waals surface area (Å²) in [6.45, 7) is 6.40. The highest BCUT2D eigenvalue weighted by atomic mass is 32.1. The number of anilines is 1. The molecule has 0 saturated carbocycles. The Morgan fingerprint density at radius 1 is 1.00 bits per heavy atom. The van der Waals surface area contributed by atoms with Gasteiger partial charge in [-0.1, -0.05) is 39.0 Å². The van der Waals surface area contributed by atoms with Crippen LogP contribution in [0.15, 0.2) is 66.0 Å². The summed E-state index contributed by atoms with van der Waals surface area (Å²) in [5.74, 6) is -0.133. The number of ether oxygens (including phenoxy) is 2. The molecule has 34 heavy (non-hydrogen) atoms. The summed E-state index contributed by atoms with van der Waals surface area (Å²) in [5.41, 5.74) is 1.99. The normalized spacial score (nSPS) is 15.9. The number of hydrogen-bond acceptors (Lipinski definition) is 6. The minimum absolute atomic E-state index is 0.0599. The van der Waals surface area contributed by atoms with E-state index in [2.05, 4.69) is 32.9 Å². The molecule has 0 radical (unpaired) electrons. The van der Waals surface area contributed by atoms with Gasteiger partial charge in [0, 0.05) is 18.7 Å². The largest absolute Gasteiger partial charge is 0.457 e. The van der Waals surface area contributed by atoms with Gasteiger partial charge in [0.2, 0.25) is 11.7 Å². The second-order valence-electron chi connectivity index (χ2n) is 9.28. The molecule has 7 heteroatoms. The van der Waals surface area contributed by atoms with Crippen molar-refractivity contribution in [3.05, 3.63) is 76.5 Å². The Bertz CT molecular complexity index is 1160. The number of carbonyl (C=O) groups excluding carboxylic acids is 3. The second-order valence-corrected chi connectivity index (χ2v) is 10.2. The van der Waals surface area contributed by atoms with Crippen LogP contribution in [0.3, 0.4) is 0 Å². The number of hydrogen-bond donors (Lipinski definition) is 0. The number of thiophene rings is 1. The molecular formula is C27H27NO5S. The lowest BCUT2D eigenvalue weighted by Gasteiger charge is -2.19. The third-order valence-corrected chi connectivity index (χ3v) is 6.62. The Labute approximate surface area is 203 Å². The van der Waals surface area contributed by atoms with Crippen molar-refractivity contribution in [3.8, 4) is 11.5 Å². The topological polar surface area (TPSA) is 72.9 Å². The van der Waals surface area contributed by atoms with Crippen LogP contribution in [-0.4, -0.2) is 30.8 Å². The Balaban J connectivity index is 1.33. The molecule has 0 N–H and O–H groups in total. The molecule has 0 bridgehead atoms. The van der Waals surface area contributed by atoms with Crippen LogP contribution in [0.1, 0.15) is 42.4 Å². The molecule has 0 unspecified atom stereocenters. The average Bonchev–Trinajstić information content (AvgIpc) is 3.48. The zero-order valence-electron chi connectivity index (χ0n) is 19.4. The van der Waals surface area contributed by atoms with Gasteiger partial charge >= 0.3 is 5.97 Å². The van der Waals surface area contributed by atoms with E-state index < -0.39 is 11.9 Å². The molecule has 1 fully saturated rings. The van der Waals surface area contributed by atoms with E-state index >= 15 is 0 Å². The van der Waals surface area contributed by atoms with E-state index in [9.17, 15) is 14.4 Å². The predicted molar refractivity (Wildman–Crippen MR) is 132 cm³/mol. The number of rotatable bonds is 7. The SMILES string of the molecule is CC(C)(C)c1ccc(Oc2ccc(N3C[C@@H](C(=O)OCC(=O)c4cccs4)CC3=O)cc2)cc1. The fraction of sp³-hybridized carbons (Fsp3) is 0.296. The number of Topliss-reactive ketones (excluding diaryl/α,β-unsaturated/α-hetero) is 1. The lowest BCUT2D eigenvalue weighted by Crippen LogP contribution is -2.27. The Morgan fingerprint density at radius 2 is 1.65 bits per heavy atom. The molecule has 1 atom stereocenters. The quantitative estimate of drug-likeness (QED) is 0.326. The van der Waals surface area contributed by atoms with E-state index in [-0.39, 0.29) is 36.7 Å². The van der Waals surface area contributed by atoms with Crippen molar-refractivity contribution in [2.24, 2.45) is 5.92 Å². The van der Waals surface area contributed by atoms with Crippen LogP contribution in [0.4, 0.5) is 5.69 Å². The van der Waals surface area contributed by atoms with E-state index in [1.807, 2.05) is 12.1 Å². The van der Waals surface area contributed by atoms with Crippen molar-refractivity contribution in [1.29, 1.82) is 0 Å². The minimum Gasteiger partial charge on any atom is -0.457 e. The Morgan fingerprint density at radius 3 is 2.24 bits per heavy atom. The maximum atomic E-state index is 12.5. The van der Waals surface area contributed by atoms with Crippen LogP contribution >= 0.6 is 11.3 Å². The first kappa shape index (κ1) is 23.7. The molecule has 4 rings (SSSR count). The fourth-order valence-corrected chi connectivity index (χ4v) is 4.38. The lowest BCUT2D eigenvalue weighted by molar-refractivity contribution is -0.147. The summed E-state index contributed by atoms with van der Waals surface area (Å²) < 4.78 is 11.1. The number of esters is 1. The van der Waals surface area contributed by atoms with Crippen molar-refractivity contribution in [3.63, 3.8) is 0 Å². The van der Waals surface area contributed by atoms with Gasteiger partial charge in [0.05, 0.1) is 10.8 Å². The summed E-state index contributed by atoms with van der Waals surface area (Å²) in [6, 6.07) is 18.6. The van der Waals surface area contributed by atoms with Crippen LogP contribution in [0.25, 0.3) is 0 Å². The molecule has 0 aliphatic carbocycles. The summed E-state index contributed by atoms with van der Waals surface area (Å²) in [7, 11) is 0. The van der Waals surface area contributed by atoms with Gasteiger partial charge in [-0.3, -0.25) is 14.4 Å². The van der Waals surface area contributed by atoms with Gasteiger partial charge in [0.15, 0.2) is 6.61 Å².